The molecule has 0 aliphatic carbocycles. The molecule has 2 rings (SSSR count). The van der Waals surface area contributed by atoms with Gasteiger partial charge < -0.3 is 5.11 Å². The van der Waals surface area contributed by atoms with Crippen molar-refractivity contribution in [1.82, 2.24) is 0 Å². The molecular formula is C18H20ClFO. The van der Waals surface area contributed by atoms with Crippen LogP contribution >= 0.6 is 11.6 Å². The molecule has 0 aliphatic rings. The molecule has 0 amide bonds. The molecule has 1 N–H and O–H groups in total. The highest BCUT2D eigenvalue weighted by molar-refractivity contribution is 6.30. The van der Waals surface area contributed by atoms with Gasteiger partial charge in [0.25, 0.3) is 0 Å². The zero-order chi connectivity index (χ0) is 15.4. The van der Waals surface area contributed by atoms with Crippen molar-refractivity contribution in [3.05, 3.63) is 70.0 Å². The lowest BCUT2D eigenvalue weighted by Gasteiger charge is -2.14. The average molecular weight is 307 g/mol. The van der Waals surface area contributed by atoms with E-state index >= 15 is 0 Å². The van der Waals surface area contributed by atoms with Crippen molar-refractivity contribution in [1.29, 1.82) is 0 Å². The molecule has 0 heterocycles. The third kappa shape index (κ3) is 4.29. The molecule has 0 spiro atoms. The van der Waals surface area contributed by atoms with Crippen molar-refractivity contribution in [3.8, 4) is 0 Å². The molecule has 0 saturated heterocycles. The maximum atomic E-state index is 13.9. The first-order chi connectivity index (χ1) is 9.97. The van der Waals surface area contributed by atoms with Gasteiger partial charge in [-0.15, -0.1) is 0 Å². The Balaban J connectivity index is 2.16. The molecule has 1 unspecified atom stereocenters. The van der Waals surface area contributed by atoms with E-state index in [-0.39, 0.29) is 11.4 Å². The maximum absolute atomic E-state index is 13.9. The molecule has 1 nitrogen and oxygen atoms in total. The Morgan fingerprint density at radius 3 is 2.52 bits per heavy atom. The van der Waals surface area contributed by atoms with Gasteiger partial charge in [0.15, 0.2) is 0 Å². The van der Waals surface area contributed by atoms with E-state index in [0.29, 0.717) is 11.5 Å². The molecule has 0 bridgehead atoms. The van der Waals surface area contributed by atoms with Crippen LogP contribution in [0.4, 0.5) is 4.39 Å². The van der Waals surface area contributed by atoms with Gasteiger partial charge in [-0.3, -0.25) is 0 Å². The van der Waals surface area contributed by atoms with E-state index in [1.54, 1.807) is 12.1 Å². The highest BCUT2D eigenvalue weighted by atomic mass is 35.5. The molecule has 0 saturated carbocycles. The predicted molar refractivity (Wildman–Crippen MR) is 85.1 cm³/mol. The largest absolute Gasteiger partial charge is 0.388 e. The average Bonchev–Trinajstić information content (AvgIpc) is 2.43. The van der Waals surface area contributed by atoms with Crippen LogP contribution < -0.4 is 0 Å². The fourth-order valence-electron chi connectivity index (χ4n) is 2.43. The van der Waals surface area contributed by atoms with Crippen LogP contribution in [0.15, 0.2) is 42.5 Å². The Morgan fingerprint density at radius 1 is 1.10 bits per heavy atom. The van der Waals surface area contributed by atoms with Crippen LogP contribution in [0, 0.1) is 11.7 Å². The van der Waals surface area contributed by atoms with Crippen LogP contribution in [0.2, 0.25) is 5.02 Å². The zero-order valence-corrected chi connectivity index (χ0v) is 13.1. The highest BCUT2D eigenvalue weighted by Gasteiger charge is 2.14. The minimum Gasteiger partial charge on any atom is -0.388 e. The van der Waals surface area contributed by atoms with Gasteiger partial charge in [-0.1, -0.05) is 61.8 Å². The van der Waals surface area contributed by atoms with Crippen LogP contribution in [-0.2, 0) is 12.8 Å². The molecule has 112 valence electrons. The highest BCUT2D eigenvalue weighted by Crippen LogP contribution is 2.24. The molecule has 0 fully saturated rings. The first-order valence-electron chi connectivity index (χ1n) is 7.17. The smallest absolute Gasteiger partial charge is 0.145 e. The van der Waals surface area contributed by atoms with Crippen LogP contribution in [-0.4, -0.2) is 5.11 Å². The number of benzene rings is 2. The predicted octanol–water partition coefficient (Wildman–Crippen LogP) is 4.95. The van der Waals surface area contributed by atoms with Gasteiger partial charge in [0, 0.05) is 6.42 Å². The Bertz CT molecular complexity index is 610. The summed E-state index contributed by atoms with van der Waals surface area (Å²) in [5.41, 5.74) is 2.44. The summed E-state index contributed by atoms with van der Waals surface area (Å²) in [6.07, 6.45) is 0.453. The van der Waals surface area contributed by atoms with Gasteiger partial charge in [0.2, 0.25) is 0 Å². The Hall–Kier alpha value is -1.38. The fraction of sp³-hybridized carbons (Fsp3) is 0.333. The number of rotatable bonds is 5. The summed E-state index contributed by atoms with van der Waals surface area (Å²) in [6, 6.07) is 12.7. The standard InChI is InChI=1S/C18H20ClFO/c1-12(2)9-13-5-3-6-14(10-13)17(21)11-15-7-4-8-16(19)18(15)20/h3-8,10,12,17,21H,9,11H2,1-2H3. The van der Waals surface area contributed by atoms with Gasteiger partial charge in [-0.05, 0) is 35.1 Å². The van der Waals surface area contributed by atoms with Crippen molar-refractivity contribution in [2.75, 3.05) is 0 Å². The molecule has 2 aromatic carbocycles. The summed E-state index contributed by atoms with van der Waals surface area (Å²) in [5.74, 6) is 0.110. The van der Waals surface area contributed by atoms with Gasteiger partial charge in [0.1, 0.15) is 5.82 Å². The number of hydrogen-bond acceptors (Lipinski definition) is 1. The first-order valence-corrected chi connectivity index (χ1v) is 7.55. The first kappa shape index (κ1) is 16.0. The second-order valence-electron chi connectivity index (χ2n) is 5.78. The lowest BCUT2D eigenvalue weighted by atomic mass is 9.96. The number of hydrogen-bond donors (Lipinski definition) is 1. The molecule has 21 heavy (non-hydrogen) atoms. The van der Waals surface area contributed by atoms with E-state index in [9.17, 15) is 9.50 Å². The van der Waals surface area contributed by atoms with E-state index in [1.807, 2.05) is 18.2 Å². The molecule has 0 aromatic heterocycles. The maximum Gasteiger partial charge on any atom is 0.145 e. The zero-order valence-electron chi connectivity index (χ0n) is 12.3. The molecule has 3 heteroatoms. The van der Waals surface area contributed by atoms with Crippen molar-refractivity contribution >= 4 is 11.6 Å². The van der Waals surface area contributed by atoms with Gasteiger partial charge in [0.05, 0.1) is 11.1 Å². The lowest BCUT2D eigenvalue weighted by molar-refractivity contribution is 0.177. The topological polar surface area (TPSA) is 20.2 Å². The quantitative estimate of drug-likeness (QED) is 0.828. The van der Waals surface area contributed by atoms with Crippen molar-refractivity contribution < 1.29 is 9.50 Å². The molecular weight excluding hydrogens is 287 g/mol. The van der Waals surface area contributed by atoms with Crippen LogP contribution in [0.5, 0.6) is 0 Å². The summed E-state index contributed by atoms with van der Waals surface area (Å²) in [5, 5.41) is 10.4. The lowest BCUT2D eigenvalue weighted by Crippen LogP contribution is -2.05. The van der Waals surface area contributed by atoms with E-state index in [0.717, 1.165) is 12.0 Å². The summed E-state index contributed by atoms with van der Waals surface area (Å²) in [6.45, 7) is 4.31. The van der Waals surface area contributed by atoms with Crippen LogP contribution in [0.1, 0.15) is 36.6 Å². The molecule has 1 atom stereocenters. The second-order valence-corrected chi connectivity index (χ2v) is 6.18. The van der Waals surface area contributed by atoms with Crippen LogP contribution in [0.3, 0.4) is 0 Å². The number of aliphatic hydroxyl groups is 1. The summed E-state index contributed by atoms with van der Waals surface area (Å²) in [4.78, 5) is 0. The van der Waals surface area contributed by atoms with E-state index in [4.69, 9.17) is 11.6 Å². The Morgan fingerprint density at radius 2 is 1.81 bits per heavy atom. The SMILES string of the molecule is CC(C)Cc1cccc(C(O)Cc2cccc(Cl)c2F)c1. The summed E-state index contributed by atoms with van der Waals surface area (Å²) >= 11 is 5.77. The minimum absolute atomic E-state index is 0.0910. The molecule has 0 aliphatic heterocycles. The van der Waals surface area contributed by atoms with Gasteiger partial charge in [-0.2, -0.15) is 0 Å². The number of halogens is 2. The minimum atomic E-state index is -0.731. The van der Waals surface area contributed by atoms with E-state index in [2.05, 4.69) is 19.9 Å². The summed E-state index contributed by atoms with van der Waals surface area (Å²) in [7, 11) is 0. The van der Waals surface area contributed by atoms with Gasteiger partial charge >= 0.3 is 0 Å². The normalized spacial score (nSPS) is 12.7. The van der Waals surface area contributed by atoms with Crippen molar-refractivity contribution in [2.45, 2.75) is 32.8 Å². The van der Waals surface area contributed by atoms with Crippen molar-refractivity contribution in [2.24, 2.45) is 5.92 Å². The summed E-state index contributed by atoms with van der Waals surface area (Å²) < 4.78 is 13.9. The van der Waals surface area contributed by atoms with E-state index in [1.165, 1.54) is 11.6 Å². The van der Waals surface area contributed by atoms with Crippen molar-refractivity contribution in [3.63, 3.8) is 0 Å². The Kier molecular flexibility index (Phi) is 5.38. The van der Waals surface area contributed by atoms with Crippen LogP contribution in [0.25, 0.3) is 0 Å². The molecule has 0 radical (unpaired) electrons. The number of aliphatic hydroxyl groups excluding tert-OH is 1. The third-order valence-corrected chi connectivity index (χ3v) is 3.72. The van der Waals surface area contributed by atoms with E-state index < -0.39 is 11.9 Å². The monoisotopic (exact) mass is 306 g/mol. The molecule has 2 aromatic rings. The third-order valence-electron chi connectivity index (χ3n) is 3.42. The second kappa shape index (κ2) is 7.06. The van der Waals surface area contributed by atoms with Gasteiger partial charge in [-0.25, -0.2) is 4.39 Å². The fourth-order valence-corrected chi connectivity index (χ4v) is 2.63. The Labute approximate surface area is 130 Å².